The van der Waals surface area contributed by atoms with Gasteiger partial charge in [0.05, 0.1) is 5.69 Å². The van der Waals surface area contributed by atoms with Crippen LogP contribution in [0.4, 0.5) is 0 Å². The van der Waals surface area contributed by atoms with Crippen molar-refractivity contribution in [2.45, 2.75) is 20.5 Å². The lowest BCUT2D eigenvalue weighted by Crippen LogP contribution is -1.97. The molecule has 1 aromatic carbocycles. The monoisotopic (exact) mass is 252 g/mol. The first-order chi connectivity index (χ1) is 9.22. The van der Waals surface area contributed by atoms with E-state index in [0.717, 1.165) is 22.7 Å². The molecule has 0 atom stereocenters. The van der Waals surface area contributed by atoms with Crippen molar-refractivity contribution in [3.63, 3.8) is 0 Å². The van der Waals surface area contributed by atoms with Crippen molar-refractivity contribution < 1.29 is 4.74 Å². The van der Waals surface area contributed by atoms with Gasteiger partial charge in [-0.3, -0.25) is 0 Å². The molecule has 0 aliphatic rings. The van der Waals surface area contributed by atoms with E-state index in [4.69, 9.17) is 4.74 Å². The Balaban J connectivity index is 1.80. The van der Waals surface area contributed by atoms with Crippen LogP contribution in [0, 0.1) is 13.8 Å². The number of benzene rings is 1. The van der Waals surface area contributed by atoms with Crippen molar-refractivity contribution >= 4 is 5.65 Å². The standard InChI is InChI=1S/C16H16N2O/c1-12-6-7-13(2)15(9-12)19-11-14-10-18-8-4-3-5-16(18)17-14/h3-10H,11H2,1-2H3. The first kappa shape index (κ1) is 11.8. The lowest BCUT2D eigenvalue weighted by Gasteiger charge is -2.08. The molecule has 19 heavy (non-hydrogen) atoms. The summed E-state index contributed by atoms with van der Waals surface area (Å²) in [6.45, 7) is 4.61. The smallest absolute Gasteiger partial charge is 0.137 e. The van der Waals surface area contributed by atoms with E-state index in [2.05, 4.69) is 37.0 Å². The van der Waals surface area contributed by atoms with Crippen molar-refractivity contribution in [1.29, 1.82) is 0 Å². The van der Waals surface area contributed by atoms with E-state index in [9.17, 15) is 0 Å². The van der Waals surface area contributed by atoms with Gasteiger partial charge in [0.15, 0.2) is 0 Å². The van der Waals surface area contributed by atoms with Crippen LogP contribution in [0.15, 0.2) is 48.8 Å². The number of aryl methyl sites for hydroxylation is 2. The number of nitrogens with zero attached hydrogens (tertiary/aromatic N) is 2. The summed E-state index contributed by atoms with van der Waals surface area (Å²) in [5.74, 6) is 0.928. The van der Waals surface area contributed by atoms with Crippen molar-refractivity contribution in [3.8, 4) is 5.75 Å². The summed E-state index contributed by atoms with van der Waals surface area (Å²) < 4.78 is 7.86. The molecule has 0 bridgehead atoms. The summed E-state index contributed by atoms with van der Waals surface area (Å²) in [7, 11) is 0. The Hall–Kier alpha value is -2.29. The van der Waals surface area contributed by atoms with Gasteiger partial charge in [0.2, 0.25) is 0 Å². The van der Waals surface area contributed by atoms with Gasteiger partial charge in [-0.2, -0.15) is 0 Å². The van der Waals surface area contributed by atoms with Gasteiger partial charge in [0.1, 0.15) is 18.0 Å². The molecule has 3 heteroatoms. The largest absolute Gasteiger partial charge is 0.487 e. The molecule has 3 rings (SSSR count). The third-order valence-electron chi connectivity index (χ3n) is 3.13. The Kier molecular flexibility index (Phi) is 2.95. The first-order valence-electron chi connectivity index (χ1n) is 6.35. The molecule has 0 saturated carbocycles. The summed E-state index contributed by atoms with van der Waals surface area (Å²) in [4.78, 5) is 4.52. The van der Waals surface area contributed by atoms with Crippen molar-refractivity contribution in [1.82, 2.24) is 9.38 Å². The number of aromatic nitrogens is 2. The summed E-state index contributed by atoms with van der Waals surface area (Å²) in [6, 6.07) is 12.2. The fraction of sp³-hybridized carbons (Fsp3) is 0.188. The predicted octanol–water partition coefficient (Wildman–Crippen LogP) is 3.53. The highest BCUT2D eigenvalue weighted by Crippen LogP contribution is 2.20. The van der Waals surface area contributed by atoms with Gasteiger partial charge in [-0.15, -0.1) is 0 Å². The van der Waals surface area contributed by atoms with E-state index in [1.165, 1.54) is 5.56 Å². The zero-order valence-electron chi connectivity index (χ0n) is 11.1. The molecule has 0 unspecified atom stereocenters. The predicted molar refractivity (Wildman–Crippen MR) is 75.4 cm³/mol. The number of fused-ring (bicyclic) bond motifs is 1. The molecule has 0 amide bonds. The number of ether oxygens (including phenoxy) is 1. The second-order valence-electron chi connectivity index (χ2n) is 4.76. The maximum atomic E-state index is 5.86. The molecule has 0 radical (unpaired) electrons. The maximum absolute atomic E-state index is 5.86. The molecule has 96 valence electrons. The Morgan fingerprint density at radius 1 is 1.16 bits per heavy atom. The lowest BCUT2D eigenvalue weighted by molar-refractivity contribution is 0.300. The van der Waals surface area contributed by atoms with Gasteiger partial charge >= 0.3 is 0 Å². The lowest BCUT2D eigenvalue weighted by atomic mass is 10.1. The topological polar surface area (TPSA) is 26.5 Å². The molecule has 0 saturated heterocycles. The van der Waals surface area contributed by atoms with E-state index in [1.807, 2.05) is 35.0 Å². The van der Waals surface area contributed by atoms with E-state index < -0.39 is 0 Å². The first-order valence-corrected chi connectivity index (χ1v) is 6.35. The molecule has 3 aromatic rings. The Morgan fingerprint density at radius 2 is 2.05 bits per heavy atom. The molecule has 3 nitrogen and oxygen atoms in total. The van der Waals surface area contributed by atoms with Crippen LogP contribution in [0.1, 0.15) is 16.8 Å². The van der Waals surface area contributed by atoms with E-state index in [-0.39, 0.29) is 0 Å². The van der Waals surface area contributed by atoms with Crippen LogP contribution in [0.3, 0.4) is 0 Å². The third kappa shape index (κ3) is 2.45. The van der Waals surface area contributed by atoms with Gasteiger partial charge in [0.25, 0.3) is 0 Å². The van der Waals surface area contributed by atoms with Crippen molar-refractivity contribution in [3.05, 3.63) is 65.6 Å². The molecule has 0 spiro atoms. The van der Waals surface area contributed by atoms with Crippen LogP contribution < -0.4 is 4.74 Å². The van der Waals surface area contributed by atoms with Crippen LogP contribution in [0.2, 0.25) is 0 Å². The minimum atomic E-state index is 0.492. The minimum absolute atomic E-state index is 0.492. The number of hydrogen-bond donors (Lipinski definition) is 0. The molecule has 2 heterocycles. The SMILES string of the molecule is Cc1ccc(C)c(OCc2cn3ccccc3n2)c1. The van der Waals surface area contributed by atoms with Crippen LogP contribution in [0.25, 0.3) is 5.65 Å². The Bertz CT molecular complexity index is 683. The van der Waals surface area contributed by atoms with Crippen LogP contribution in [-0.2, 0) is 6.61 Å². The van der Waals surface area contributed by atoms with E-state index in [1.54, 1.807) is 0 Å². The number of rotatable bonds is 3. The zero-order chi connectivity index (χ0) is 13.2. The van der Waals surface area contributed by atoms with Crippen LogP contribution >= 0.6 is 0 Å². The second-order valence-corrected chi connectivity index (χ2v) is 4.76. The van der Waals surface area contributed by atoms with Gasteiger partial charge in [0, 0.05) is 12.4 Å². The average molecular weight is 252 g/mol. The Morgan fingerprint density at radius 3 is 2.89 bits per heavy atom. The summed E-state index contributed by atoms with van der Waals surface area (Å²) in [6.07, 6.45) is 3.99. The highest BCUT2D eigenvalue weighted by Gasteiger charge is 2.04. The fourth-order valence-electron chi connectivity index (χ4n) is 2.07. The summed E-state index contributed by atoms with van der Waals surface area (Å²) >= 11 is 0. The third-order valence-corrected chi connectivity index (χ3v) is 3.13. The van der Waals surface area contributed by atoms with Crippen LogP contribution in [-0.4, -0.2) is 9.38 Å². The second kappa shape index (κ2) is 4.76. The van der Waals surface area contributed by atoms with Gasteiger partial charge in [-0.05, 0) is 43.2 Å². The molecular formula is C16H16N2O. The molecule has 0 aliphatic heterocycles. The van der Waals surface area contributed by atoms with Crippen molar-refractivity contribution in [2.24, 2.45) is 0 Å². The highest BCUT2D eigenvalue weighted by molar-refractivity contribution is 5.40. The normalized spacial score (nSPS) is 10.8. The van der Waals surface area contributed by atoms with E-state index >= 15 is 0 Å². The quantitative estimate of drug-likeness (QED) is 0.713. The summed E-state index contributed by atoms with van der Waals surface area (Å²) in [5, 5.41) is 0. The number of pyridine rings is 1. The molecule has 0 aliphatic carbocycles. The molecule has 2 aromatic heterocycles. The van der Waals surface area contributed by atoms with Gasteiger partial charge in [-0.25, -0.2) is 4.98 Å². The minimum Gasteiger partial charge on any atom is -0.487 e. The number of hydrogen-bond acceptors (Lipinski definition) is 2. The van der Waals surface area contributed by atoms with Crippen molar-refractivity contribution in [2.75, 3.05) is 0 Å². The zero-order valence-corrected chi connectivity index (χ0v) is 11.1. The van der Waals surface area contributed by atoms with Gasteiger partial charge in [-0.1, -0.05) is 18.2 Å². The molecule has 0 N–H and O–H groups in total. The summed E-state index contributed by atoms with van der Waals surface area (Å²) in [5.41, 5.74) is 4.24. The fourth-order valence-corrected chi connectivity index (χ4v) is 2.07. The van der Waals surface area contributed by atoms with E-state index in [0.29, 0.717) is 6.61 Å². The maximum Gasteiger partial charge on any atom is 0.137 e. The Labute approximate surface area is 112 Å². The van der Waals surface area contributed by atoms with Crippen LogP contribution in [0.5, 0.6) is 5.75 Å². The molecular weight excluding hydrogens is 236 g/mol. The number of imidazole rings is 1. The van der Waals surface area contributed by atoms with Gasteiger partial charge < -0.3 is 9.14 Å². The average Bonchev–Trinajstić information content (AvgIpc) is 2.82. The molecule has 0 fully saturated rings. The highest BCUT2D eigenvalue weighted by atomic mass is 16.5.